The lowest BCUT2D eigenvalue weighted by atomic mass is 10.0. The Morgan fingerprint density at radius 2 is 1.85 bits per heavy atom. The van der Waals surface area contributed by atoms with Gasteiger partial charge in [-0.25, -0.2) is 8.42 Å². The zero-order valence-electron chi connectivity index (χ0n) is 18.9. The Balaban J connectivity index is 1.33. The van der Waals surface area contributed by atoms with Crippen molar-refractivity contribution < 1.29 is 17.9 Å². The summed E-state index contributed by atoms with van der Waals surface area (Å²) < 4.78 is 33.8. The van der Waals surface area contributed by atoms with Gasteiger partial charge in [-0.15, -0.1) is 11.3 Å². The first-order valence-corrected chi connectivity index (χ1v) is 13.9. The van der Waals surface area contributed by atoms with Crippen molar-refractivity contribution in [2.45, 2.75) is 43.4 Å². The zero-order valence-corrected chi connectivity index (χ0v) is 20.6. The highest BCUT2D eigenvalue weighted by molar-refractivity contribution is 7.89. The second-order valence-corrected chi connectivity index (χ2v) is 11.8. The summed E-state index contributed by atoms with van der Waals surface area (Å²) in [6.45, 7) is 2.61. The van der Waals surface area contributed by atoms with Crippen LogP contribution in [0.4, 0.5) is 0 Å². The van der Waals surface area contributed by atoms with Crippen LogP contribution in [-0.2, 0) is 34.3 Å². The summed E-state index contributed by atoms with van der Waals surface area (Å²) in [6, 6.07) is 18.3. The molecule has 3 aromatic rings. The molecule has 5 rings (SSSR count). The molecule has 1 amide bonds. The Kier molecular flexibility index (Phi) is 6.83. The van der Waals surface area contributed by atoms with E-state index >= 15 is 0 Å². The van der Waals surface area contributed by atoms with E-state index in [2.05, 4.69) is 6.07 Å². The van der Waals surface area contributed by atoms with E-state index in [0.29, 0.717) is 38.2 Å². The molecule has 0 spiro atoms. The van der Waals surface area contributed by atoms with Gasteiger partial charge in [0.05, 0.1) is 17.5 Å². The number of carbonyl (C=O) groups excluding carboxylic acids is 1. The van der Waals surface area contributed by atoms with Crippen molar-refractivity contribution in [1.82, 2.24) is 9.21 Å². The fraction of sp³-hybridized carbons (Fsp3) is 0.346. The van der Waals surface area contributed by atoms with Crippen molar-refractivity contribution in [3.05, 3.63) is 87.6 Å². The third-order valence-corrected chi connectivity index (χ3v) is 9.22. The van der Waals surface area contributed by atoms with Crippen molar-refractivity contribution in [3.8, 4) is 0 Å². The second kappa shape index (κ2) is 10.00. The van der Waals surface area contributed by atoms with E-state index in [1.54, 1.807) is 35.6 Å². The molecule has 2 aliphatic rings. The van der Waals surface area contributed by atoms with E-state index < -0.39 is 10.0 Å². The highest BCUT2D eigenvalue weighted by Crippen LogP contribution is 2.26. The molecular weight excluding hydrogens is 468 g/mol. The predicted molar refractivity (Wildman–Crippen MR) is 132 cm³/mol. The topological polar surface area (TPSA) is 66.9 Å². The van der Waals surface area contributed by atoms with Crippen LogP contribution >= 0.6 is 11.3 Å². The van der Waals surface area contributed by atoms with E-state index in [-0.39, 0.29) is 16.9 Å². The van der Waals surface area contributed by atoms with E-state index in [9.17, 15) is 13.2 Å². The van der Waals surface area contributed by atoms with Crippen molar-refractivity contribution in [3.63, 3.8) is 0 Å². The summed E-state index contributed by atoms with van der Waals surface area (Å²) in [6.07, 6.45) is 2.71. The quantitative estimate of drug-likeness (QED) is 0.489. The maximum Gasteiger partial charge on any atom is 0.254 e. The molecule has 0 aliphatic carbocycles. The summed E-state index contributed by atoms with van der Waals surface area (Å²) in [7, 11) is -3.64. The third kappa shape index (κ3) is 4.95. The molecule has 34 heavy (non-hydrogen) atoms. The molecule has 1 aromatic heterocycles. The maximum atomic E-state index is 13.4. The van der Waals surface area contributed by atoms with Gasteiger partial charge in [-0.05, 0) is 66.1 Å². The van der Waals surface area contributed by atoms with Crippen molar-refractivity contribution in [2.24, 2.45) is 0 Å². The van der Waals surface area contributed by atoms with Gasteiger partial charge in [0.1, 0.15) is 0 Å². The Bertz CT molecular complexity index is 1230. The molecule has 3 heterocycles. The van der Waals surface area contributed by atoms with Gasteiger partial charge in [0.25, 0.3) is 5.91 Å². The van der Waals surface area contributed by atoms with Crippen LogP contribution in [-0.4, -0.2) is 49.3 Å². The van der Waals surface area contributed by atoms with E-state index in [4.69, 9.17) is 4.74 Å². The number of ether oxygens (including phenoxy) is 1. The van der Waals surface area contributed by atoms with Gasteiger partial charge in [0.15, 0.2) is 0 Å². The molecule has 2 aromatic carbocycles. The van der Waals surface area contributed by atoms with Gasteiger partial charge >= 0.3 is 0 Å². The van der Waals surface area contributed by atoms with Gasteiger partial charge in [0, 0.05) is 36.7 Å². The molecule has 1 atom stereocenters. The number of carbonyl (C=O) groups is 1. The van der Waals surface area contributed by atoms with Gasteiger partial charge in [-0.2, -0.15) is 4.31 Å². The molecule has 1 fully saturated rings. The Morgan fingerprint density at radius 1 is 1.06 bits per heavy atom. The van der Waals surface area contributed by atoms with Crippen LogP contribution in [0, 0.1) is 0 Å². The van der Waals surface area contributed by atoms with Crippen LogP contribution in [0.3, 0.4) is 0 Å². The number of sulfonamides is 1. The number of fused-ring (bicyclic) bond motifs is 1. The normalized spacial score (nSPS) is 18.5. The van der Waals surface area contributed by atoms with Crippen LogP contribution in [0.1, 0.15) is 39.2 Å². The average molecular weight is 497 g/mol. The fourth-order valence-corrected chi connectivity index (χ4v) is 6.76. The van der Waals surface area contributed by atoms with Crippen LogP contribution in [0.5, 0.6) is 0 Å². The van der Waals surface area contributed by atoms with E-state index in [1.807, 2.05) is 40.6 Å². The smallest absolute Gasteiger partial charge is 0.254 e. The fourth-order valence-electron chi connectivity index (χ4n) is 4.62. The molecular formula is C26H28N2O4S2. The lowest BCUT2D eigenvalue weighted by Crippen LogP contribution is -2.37. The standard InChI is InChI=1S/C26H28N2O4S2/c29-26(27(18-23-7-3-15-32-23)19-24-8-4-16-33-24)21-9-11-25(12-10-21)34(30,31)28-14-13-20-5-1-2-6-22(20)17-28/h1-2,4-6,8-12,16,23H,3,7,13-15,17-19H2/t23-/m0/s1. The minimum atomic E-state index is -3.64. The molecule has 0 unspecified atom stereocenters. The van der Waals surface area contributed by atoms with E-state index in [0.717, 1.165) is 29.9 Å². The summed E-state index contributed by atoms with van der Waals surface area (Å²) >= 11 is 1.62. The lowest BCUT2D eigenvalue weighted by molar-refractivity contribution is 0.0509. The molecule has 0 radical (unpaired) electrons. The summed E-state index contributed by atoms with van der Waals surface area (Å²) in [5, 5.41) is 2.00. The second-order valence-electron chi connectivity index (χ2n) is 8.78. The van der Waals surface area contributed by atoms with Crippen LogP contribution in [0.15, 0.2) is 70.9 Å². The molecule has 0 saturated carbocycles. The molecule has 178 valence electrons. The largest absolute Gasteiger partial charge is 0.376 e. The van der Waals surface area contributed by atoms with Crippen LogP contribution < -0.4 is 0 Å². The number of hydrogen-bond acceptors (Lipinski definition) is 5. The van der Waals surface area contributed by atoms with Gasteiger partial charge in [-0.1, -0.05) is 30.3 Å². The number of thiophene rings is 1. The van der Waals surface area contributed by atoms with Gasteiger partial charge < -0.3 is 9.64 Å². The summed E-state index contributed by atoms with van der Waals surface area (Å²) in [4.78, 5) is 16.5. The summed E-state index contributed by atoms with van der Waals surface area (Å²) in [5.41, 5.74) is 2.73. The highest BCUT2D eigenvalue weighted by Gasteiger charge is 2.29. The van der Waals surface area contributed by atoms with Crippen molar-refractivity contribution in [2.75, 3.05) is 19.7 Å². The molecule has 1 saturated heterocycles. The molecule has 0 bridgehead atoms. The first-order chi connectivity index (χ1) is 16.5. The molecule has 6 nitrogen and oxygen atoms in total. The van der Waals surface area contributed by atoms with Gasteiger partial charge in [0.2, 0.25) is 10.0 Å². The lowest BCUT2D eigenvalue weighted by Gasteiger charge is -2.28. The van der Waals surface area contributed by atoms with Gasteiger partial charge in [-0.3, -0.25) is 4.79 Å². The molecule has 2 aliphatic heterocycles. The SMILES string of the molecule is O=C(c1ccc(S(=O)(=O)N2CCc3ccccc3C2)cc1)N(Cc1cccs1)C[C@@H]1CCCO1. The highest BCUT2D eigenvalue weighted by atomic mass is 32.2. The Hall–Kier alpha value is -2.52. The van der Waals surface area contributed by atoms with Crippen LogP contribution in [0.2, 0.25) is 0 Å². The summed E-state index contributed by atoms with van der Waals surface area (Å²) in [5.74, 6) is -0.111. The minimum Gasteiger partial charge on any atom is -0.376 e. The number of benzene rings is 2. The van der Waals surface area contributed by atoms with Crippen molar-refractivity contribution >= 4 is 27.3 Å². The first-order valence-electron chi connectivity index (χ1n) is 11.6. The number of rotatable bonds is 7. The Morgan fingerprint density at radius 3 is 2.56 bits per heavy atom. The Labute approximate surface area is 204 Å². The number of hydrogen-bond donors (Lipinski definition) is 0. The average Bonchev–Trinajstić information content (AvgIpc) is 3.57. The molecule has 0 N–H and O–H groups in total. The third-order valence-electron chi connectivity index (χ3n) is 6.50. The minimum absolute atomic E-state index is 0.0468. The maximum absolute atomic E-state index is 13.4. The van der Waals surface area contributed by atoms with Crippen LogP contribution in [0.25, 0.3) is 0 Å². The molecule has 8 heteroatoms. The monoisotopic (exact) mass is 496 g/mol. The van der Waals surface area contributed by atoms with E-state index in [1.165, 1.54) is 9.87 Å². The van der Waals surface area contributed by atoms with Crippen molar-refractivity contribution in [1.29, 1.82) is 0 Å². The zero-order chi connectivity index (χ0) is 23.5. The predicted octanol–water partition coefficient (Wildman–Crippen LogP) is 4.32. The first kappa shape index (κ1) is 23.2. The number of amides is 1. The number of nitrogens with zero attached hydrogens (tertiary/aromatic N) is 2.